The molecule has 0 atom stereocenters. The van der Waals surface area contributed by atoms with Crippen molar-refractivity contribution in [1.82, 2.24) is 15.1 Å². The topological polar surface area (TPSA) is 51.4 Å². The summed E-state index contributed by atoms with van der Waals surface area (Å²) >= 11 is 5.49. The molecule has 22 heavy (non-hydrogen) atoms. The summed E-state index contributed by atoms with van der Waals surface area (Å²) in [4.78, 5) is 5.52. The molecule has 0 bridgehead atoms. The molecule has 2 heterocycles. The minimum absolute atomic E-state index is 0.600. The van der Waals surface area contributed by atoms with Gasteiger partial charge in [0.25, 0.3) is 0 Å². The van der Waals surface area contributed by atoms with E-state index in [1.165, 1.54) is 0 Å². The van der Waals surface area contributed by atoms with E-state index in [0.717, 1.165) is 40.6 Å². The number of aliphatic imine (C=N–C) groups is 1. The van der Waals surface area contributed by atoms with E-state index in [1.54, 1.807) is 7.11 Å². The van der Waals surface area contributed by atoms with Gasteiger partial charge in [0, 0.05) is 6.54 Å². The van der Waals surface area contributed by atoms with Crippen LogP contribution in [0.15, 0.2) is 29.3 Å². The van der Waals surface area contributed by atoms with E-state index < -0.39 is 0 Å². The lowest BCUT2D eigenvalue weighted by Crippen LogP contribution is -2.29. The van der Waals surface area contributed by atoms with Gasteiger partial charge in [-0.05, 0) is 43.7 Å². The molecular formula is C16H18N4OS. The standard InChI is InChI=1S/C16H18N4OS/c1-4-20-15-14(10(2)19-20)18-13(9-17-16(15)22)11-5-7-12(21-3)8-6-11/h5-8H,4,9H2,1-3H3,(H,17,22). The van der Waals surface area contributed by atoms with Crippen molar-refractivity contribution >= 4 is 28.6 Å². The number of nitrogens with one attached hydrogen (secondary N) is 1. The second-order valence-corrected chi connectivity index (χ2v) is 5.48. The molecule has 0 saturated carbocycles. The monoisotopic (exact) mass is 314 g/mol. The van der Waals surface area contributed by atoms with Gasteiger partial charge in [-0.25, -0.2) is 4.99 Å². The van der Waals surface area contributed by atoms with Crippen LogP contribution in [0.3, 0.4) is 0 Å². The van der Waals surface area contributed by atoms with Gasteiger partial charge in [-0.2, -0.15) is 5.10 Å². The molecule has 1 aliphatic heterocycles. The van der Waals surface area contributed by atoms with Crippen LogP contribution in [0.2, 0.25) is 0 Å². The fraction of sp³-hybridized carbons (Fsp3) is 0.312. The molecule has 114 valence electrons. The van der Waals surface area contributed by atoms with Gasteiger partial charge in [-0.3, -0.25) is 4.68 Å². The summed E-state index contributed by atoms with van der Waals surface area (Å²) in [6.07, 6.45) is 0. The zero-order valence-corrected chi connectivity index (χ0v) is 13.7. The van der Waals surface area contributed by atoms with E-state index in [0.29, 0.717) is 11.5 Å². The Balaban J connectivity index is 2.07. The summed E-state index contributed by atoms with van der Waals surface area (Å²) in [6.45, 7) is 5.39. The number of methoxy groups -OCH3 is 1. The van der Waals surface area contributed by atoms with Crippen molar-refractivity contribution in [3.63, 3.8) is 0 Å². The number of hydrogen-bond acceptors (Lipinski definition) is 4. The van der Waals surface area contributed by atoms with Crippen molar-refractivity contribution in [2.24, 2.45) is 4.99 Å². The Morgan fingerprint density at radius 3 is 2.68 bits per heavy atom. The number of nitrogens with zero attached hydrogens (tertiary/aromatic N) is 3. The third-order valence-corrected chi connectivity index (χ3v) is 4.03. The number of fused-ring (bicyclic) bond motifs is 1. The van der Waals surface area contributed by atoms with Crippen LogP contribution in [0, 0.1) is 6.92 Å². The highest BCUT2D eigenvalue weighted by Gasteiger charge is 2.22. The lowest BCUT2D eigenvalue weighted by molar-refractivity contribution is 0.415. The molecule has 1 N–H and O–H groups in total. The maximum atomic E-state index is 5.49. The third-order valence-electron chi connectivity index (χ3n) is 3.70. The zero-order chi connectivity index (χ0) is 15.7. The number of thiocarbonyl (C=S) groups is 1. The van der Waals surface area contributed by atoms with E-state index in [4.69, 9.17) is 21.9 Å². The highest BCUT2D eigenvalue weighted by molar-refractivity contribution is 7.80. The highest BCUT2D eigenvalue weighted by atomic mass is 32.1. The Morgan fingerprint density at radius 2 is 2.05 bits per heavy atom. The summed E-state index contributed by atoms with van der Waals surface area (Å²) in [5.41, 5.74) is 4.66. The van der Waals surface area contributed by atoms with Gasteiger partial charge in [0.15, 0.2) is 0 Å². The lowest BCUT2D eigenvalue weighted by atomic mass is 10.1. The fourth-order valence-corrected chi connectivity index (χ4v) is 2.81. The molecular weight excluding hydrogens is 296 g/mol. The van der Waals surface area contributed by atoms with Gasteiger partial charge in [-0.1, -0.05) is 12.2 Å². The first-order chi connectivity index (χ1) is 10.6. The number of hydrogen-bond donors (Lipinski definition) is 1. The predicted molar refractivity (Wildman–Crippen MR) is 91.5 cm³/mol. The van der Waals surface area contributed by atoms with Crippen molar-refractivity contribution < 1.29 is 4.74 Å². The Bertz CT molecular complexity index is 746. The van der Waals surface area contributed by atoms with Gasteiger partial charge in [0.2, 0.25) is 0 Å². The van der Waals surface area contributed by atoms with Gasteiger partial charge in [0.1, 0.15) is 22.1 Å². The van der Waals surface area contributed by atoms with E-state index in [1.807, 2.05) is 42.8 Å². The smallest absolute Gasteiger partial charge is 0.127 e. The molecule has 0 saturated heterocycles. The molecule has 5 nitrogen and oxygen atoms in total. The first kappa shape index (κ1) is 14.7. The number of rotatable bonds is 3. The van der Waals surface area contributed by atoms with Gasteiger partial charge in [0.05, 0.1) is 25.1 Å². The summed E-state index contributed by atoms with van der Waals surface area (Å²) in [5, 5.41) is 7.79. The zero-order valence-electron chi connectivity index (χ0n) is 12.9. The first-order valence-electron chi connectivity index (χ1n) is 7.21. The van der Waals surface area contributed by atoms with E-state index >= 15 is 0 Å². The van der Waals surface area contributed by atoms with Crippen molar-refractivity contribution in [3.8, 4) is 5.75 Å². The van der Waals surface area contributed by atoms with E-state index in [9.17, 15) is 0 Å². The van der Waals surface area contributed by atoms with Crippen LogP contribution in [0.1, 0.15) is 23.9 Å². The van der Waals surface area contributed by atoms with Crippen molar-refractivity contribution in [1.29, 1.82) is 0 Å². The molecule has 3 rings (SSSR count). The molecule has 1 aromatic heterocycles. The van der Waals surface area contributed by atoms with E-state index in [-0.39, 0.29) is 0 Å². The molecule has 1 aromatic carbocycles. The van der Waals surface area contributed by atoms with Crippen LogP contribution < -0.4 is 10.1 Å². The fourth-order valence-electron chi connectivity index (χ4n) is 2.53. The molecule has 0 fully saturated rings. The molecule has 0 spiro atoms. The number of ether oxygens (including phenoxy) is 1. The lowest BCUT2D eigenvalue weighted by Gasteiger charge is -2.08. The minimum atomic E-state index is 0.600. The predicted octanol–water partition coefficient (Wildman–Crippen LogP) is 2.62. The Labute approximate surface area is 135 Å². The van der Waals surface area contributed by atoms with Crippen LogP contribution >= 0.6 is 12.2 Å². The van der Waals surface area contributed by atoms with Crippen LogP contribution in [-0.4, -0.2) is 34.1 Å². The average molecular weight is 314 g/mol. The SMILES string of the molecule is CCn1nc(C)c2c1C(=S)NCC(c1ccc(OC)cc1)=N2. The van der Waals surface area contributed by atoms with Gasteiger partial charge in [-0.15, -0.1) is 0 Å². The number of aryl methyl sites for hydroxylation is 2. The summed E-state index contributed by atoms with van der Waals surface area (Å²) in [5.74, 6) is 0.831. The maximum absolute atomic E-state index is 5.49. The van der Waals surface area contributed by atoms with E-state index in [2.05, 4.69) is 10.4 Å². The van der Waals surface area contributed by atoms with Crippen molar-refractivity contribution in [2.75, 3.05) is 13.7 Å². The Hall–Kier alpha value is -2.21. The number of benzene rings is 1. The average Bonchev–Trinajstić information content (AvgIpc) is 2.75. The normalized spacial score (nSPS) is 14.0. The molecule has 1 aliphatic rings. The molecule has 6 heteroatoms. The second-order valence-electron chi connectivity index (χ2n) is 5.07. The largest absolute Gasteiger partial charge is 0.497 e. The van der Waals surface area contributed by atoms with Gasteiger partial charge < -0.3 is 10.1 Å². The first-order valence-corrected chi connectivity index (χ1v) is 7.62. The highest BCUT2D eigenvalue weighted by Crippen LogP contribution is 2.27. The minimum Gasteiger partial charge on any atom is -0.497 e. The van der Waals surface area contributed by atoms with Crippen molar-refractivity contribution in [3.05, 3.63) is 41.2 Å². The van der Waals surface area contributed by atoms with Crippen LogP contribution in [0.25, 0.3) is 0 Å². The van der Waals surface area contributed by atoms with Crippen LogP contribution in [-0.2, 0) is 6.54 Å². The van der Waals surface area contributed by atoms with Gasteiger partial charge >= 0.3 is 0 Å². The van der Waals surface area contributed by atoms with Crippen molar-refractivity contribution in [2.45, 2.75) is 20.4 Å². The number of aromatic nitrogens is 2. The quantitative estimate of drug-likeness (QED) is 0.885. The Kier molecular flexibility index (Phi) is 3.94. The van der Waals surface area contributed by atoms with Crippen LogP contribution in [0.4, 0.5) is 5.69 Å². The summed E-state index contributed by atoms with van der Waals surface area (Å²) < 4.78 is 7.11. The molecule has 0 amide bonds. The van der Waals surface area contributed by atoms with Crippen LogP contribution in [0.5, 0.6) is 5.75 Å². The Morgan fingerprint density at radius 1 is 1.32 bits per heavy atom. The second kappa shape index (κ2) is 5.88. The molecule has 0 aliphatic carbocycles. The molecule has 0 radical (unpaired) electrons. The molecule has 2 aromatic rings. The maximum Gasteiger partial charge on any atom is 0.127 e. The summed E-state index contributed by atoms with van der Waals surface area (Å²) in [7, 11) is 1.66. The molecule has 0 unspecified atom stereocenters. The summed E-state index contributed by atoms with van der Waals surface area (Å²) in [6, 6.07) is 7.88. The third kappa shape index (κ3) is 2.50.